The van der Waals surface area contributed by atoms with Crippen molar-refractivity contribution >= 4 is 5.97 Å². The number of carbonyl (C=O) groups excluding carboxylic acids is 1. The summed E-state index contributed by atoms with van der Waals surface area (Å²) >= 11 is 0. The van der Waals surface area contributed by atoms with Gasteiger partial charge in [-0.05, 0) is 42.7 Å². The number of aryl methyl sites for hydroxylation is 1. The molecule has 1 aromatic rings. The van der Waals surface area contributed by atoms with Crippen molar-refractivity contribution < 1.29 is 9.53 Å². The second kappa shape index (κ2) is 6.03. The molecule has 0 heterocycles. The zero-order valence-corrected chi connectivity index (χ0v) is 11.3. The van der Waals surface area contributed by atoms with E-state index in [1.54, 1.807) is 0 Å². The minimum absolute atomic E-state index is 0.0690. The Kier molecular flexibility index (Phi) is 4.40. The first-order chi connectivity index (χ1) is 8.72. The zero-order valence-electron chi connectivity index (χ0n) is 11.3. The Morgan fingerprint density at radius 3 is 2.72 bits per heavy atom. The molecule has 1 fully saturated rings. The summed E-state index contributed by atoms with van der Waals surface area (Å²) in [5, 5.41) is 0. The maximum atomic E-state index is 11.5. The van der Waals surface area contributed by atoms with Crippen molar-refractivity contribution in [3.05, 3.63) is 35.4 Å². The van der Waals surface area contributed by atoms with Crippen LogP contribution in [0.5, 0.6) is 0 Å². The van der Waals surface area contributed by atoms with Crippen molar-refractivity contribution in [2.75, 3.05) is 7.11 Å². The third-order valence-corrected chi connectivity index (χ3v) is 4.15. The van der Waals surface area contributed by atoms with Gasteiger partial charge in [0, 0.05) is 6.42 Å². The first-order valence-corrected chi connectivity index (χ1v) is 6.84. The fourth-order valence-corrected chi connectivity index (χ4v) is 3.16. The van der Waals surface area contributed by atoms with Crippen molar-refractivity contribution in [2.24, 2.45) is 5.92 Å². The Morgan fingerprint density at radius 2 is 2.00 bits per heavy atom. The van der Waals surface area contributed by atoms with Crippen LogP contribution in [-0.2, 0) is 9.53 Å². The van der Waals surface area contributed by atoms with Gasteiger partial charge in [0.1, 0.15) is 0 Å². The highest BCUT2D eigenvalue weighted by Gasteiger charge is 2.29. The van der Waals surface area contributed by atoms with Gasteiger partial charge in [0.05, 0.1) is 7.11 Å². The van der Waals surface area contributed by atoms with Gasteiger partial charge >= 0.3 is 5.97 Å². The summed E-state index contributed by atoms with van der Waals surface area (Å²) in [7, 11) is 1.48. The van der Waals surface area contributed by atoms with E-state index in [0.717, 1.165) is 6.42 Å². The van der Waals surface area contributed by atoms with Gasteiger partial charge in [-0.2, -0.15) is 0 Å². The summed E-state index contributed by atoms with van der Waals surface area (Å²) in [4.78, 5) is 11.5. The summed E-state index contributed by atoms with van der Waals surface area (Å²) in [6.07, 6.45) is 5.43. The summed E-state index contributed by atoms with van der Waals surface area (Å²) in [5.41, 5.74) is 2.77. The van der Waals surface area contributed by atoms with Crippen LogP contribution in [0, 0.1) is 12.8 Å². The Labute approximate surface area is 109 Å². The Hall–Kier alpha value is -1.31. The molecule has 0 saturated heterocycles. The first-order valence-electron chi connectivity index (χ1n) is 6.84. The Balaban J connectivity index is 2.17. The number of carbonyl (C=O) groups is 1. The summed E-state index contributed by atoms with van der Waals surface area (Å²) in [5.74, 6) is 0.909. The van der Waals surface area contributed by atoms with E-state index in [4.69, 9.17) is 4.74 Å². The van der Waals surface area contributed by atoms with E-state index < -0.39 is 0 Å². The first kappa shape index (κ1) is 13.1. The molecule has 0 bridgehead atoms. The van der Waals surface area contributed by atoms with E-state index in [0.29, 0.717) is 18.3 Å². The van der Waals surface area contributed by atoms with Gasteiger partial charge in [0.25, 0.3) is 0 Å². The average Bonchev–Trinajstić information content (AvgIpc) is 2.40. The highest BCUT2D eigenvalue weighted by Crippen LogP contribution is 2.40. The van der Waals surface area contributed by atoms with Gasteiger partial charge in [-0.3, -0.25) is 4.79 Å². The highest BCUT2D eigenvalue weighted by atomic mass is 16.5. The van der Waals surface area contributed by atoms with Crippen LogP contribution in [-0.4, -0.2) is 13.1 Å². The minimum atomic E-state index is -0.0690. The number of benzene rings is 1. The standard InChI is InChI=1S/C16H22O2/c1-12-7-3-5-9-14(12)15-10-6-4-8-13(15)11-16(17)18-2/h3,5,7,9,13,15H,4,6,8,10-11H2,1-2H3. The maximum Gasteiger partial charge on any atom is 0.305 e. The van der Waals surface area contributed by atoms with Crippen molar-refractivity contribution in [2.45, 2.75) is 44.9 Å². The van der Waals surface area contributed by atoms with E-state index in [-0.39, 0.29) is 5.97 Å². The van der Waals surface area contributed by atoms with Gasteiger partial charge in [-0.15, -0.1) is 0 Å². The van der Waals surface area contributed by atoms with Crippen LogP contribution in [0.3, 0.4) is 0 Å². The molecule has 1 aliphatic carbocycles. The molecule has 2 rings (SSSR count). The third kappa shape index (κ3) is 2.92. The van der Waals surface area contributed by atoms with Crippen LogP contribution in [0.4, 0.5) is 0 Å². The van der Waals surface area contributed by atoms with Crippen LogP contribution in [0.2, 0.25) is 0 Å². The molecule has 2 unspecified atom stereocenters. The zero-order chi connectivity index (χ0) is 13.0. The Morgan fingerprint density at radius 1 is 1.28 bits per heavy atom. The fourth-order valence-electron chi connectivity index (χ4n) is 3.16. The number of ether oxygens (including phenoxy) is 1. The van der Waals surface area contributed by atoms with Crippen LogP contribution in [0.15, 0.2) is 24.3 Å². The van der Waals surface area contributed by atoms with E-state index in [9.17, 15) is 4.79 Å². The molecule has 1 aromatic carbocycles. The average molecular weight is 246 g/mol. The quantitative estimate of drug-likeness (QED) is 0.758. The molecule has 1 aliphatic rings. The maximum absolute atomic E-state index is 11.5. The van der Waals surface area contributed by atoms with Gasteiger partial charge in [-0.25, -0.2) is 0 Å². The van der Waals surface area contributed by atoms with Crippen LogP contribution in [0.1, 0.15) is 49.1 Å². The monoisotopic (exact) mass is 246 g/mol. The van der Waals surface area contributed by atoms with Crippen LogP contribution < -0.4 is 0 Å². The van der Waals surface area contributed by atoms with Gasteiger partial charge in [0.2, 0.25) is 0 Å². The lowest BCUT2D eigenvalue weighted by atomic mass is 9.73. The molecule has 0 N–H and O–H groups in total. The molecule has 1 saturated carbocycles. The number of esters is 1. The van der Waals surface area contributed by atoms with E-state index >= 15 is 0 Å². The molecular weight excluding hydrogens is 224 g/mol. The number of hydrogen-bond acceptors (Lipinski definition) is 2. The van der Waals surface area contributed by atoms with Crippen LogP contribution >= 0.6 is 0 Å². The highest BCUT2D eigenvalue weighted by molar-refractivity contribution is 5.69. The predicted octanol–water partition coefficient (Wildman–Crippen LogP) is 3.83. The summed E-state index contributed by atoms with van der Waals surface area (Å²) < 4.78 is 4.83. The molecule has 0 aromatic heterocycles. The van der Waals surface area contributed by atoms with E-state index in [2.05, 4.69) is 31.2 Å². The smallest absolute Gasteiger partial charge is 0.305 e. The molecule has 2 nitrogen and oxygen atoms in total. The minimum Gasteiger partial charge on any atom is -0.469 e. The molecule has 18 heavy (non-hydrogen) atoms. The van der Waals surface area contributed by atoms with Crippen LogP contribution in [0.25, 0.3) is 0 Å². The molecule has 98 valence electrons. The topological polar surface area (TPSA) is 26.3 Å². The Bertz CT molecular complexity index is 411. The summed E-state index contributed by atoms with van der Waals surface area (Å²) in [6.45, 7) is 2.17. The fraction of sp³-hybridized carbons (Fsp3) is 0.562. The van der Waals surface area contributed by atoms with Crippen molar-refractivity contribution in [1.82, 2.24) is 0 Å². The predicted molar refractivity (Wildman–Crippen MR) is 72.5 cm³/mol. The second-order valence-electron chi connectivity index (χ2n) is 5.29. The van der Waals surface area contributed by atoms with E-state index in [1.807, 2.05) is 0 Å². The summed E-state index contributed by atoms with van der Waals surface area (Å²) in [6, 6.07) is 8.57. The normalized spacial score (nSPS) is 23.7. The van der Waals surface area contributed by atoms with Crippen molar-refractivity contribution in [3.8, 4) is 0 Å². The number of hydrogen-bond donors (Lipinski definition) is 0. The second-order valence-corrected chi connectivity index (χ2v) is 5.29. The SMILES string of the molecule is COC(=O)CC1CCCCC1c1ccccc1C. The molecule has 0 amide bonds. The lowest BCUT2D eigenvalue weighted by Crippen LogP contribution is -2.22. The lowest BCUT2D eigenvalue weighted by molar-refractivity contribution is -0.142. The molecular formula is C16H22O2. The van der Waals surface area contributed by atoms with Gasteiger partial charge < -0.3 is 4.74 Å². The molecule has 0 radical (unpaired) electrons. The molecule has 2 heteroatoms. The molecule has 2 atom stereocenters. The lowest BCUT2D eigenvalue weighted by Gasteiger charge is -2.32. The molecule has 0 spiro atoms. The van der Waals surface area contributed by atoms with Gasteiger partial charge in [0.15, 0.2) is 0 Å². The van der Waals surface area contributed by atoms with Crippen molar-refractivity contribution in [3.63, 3.8) is 0 Å². The van der Waals surface area contributed by atoms with E-state index in [1.165, 1.54) is 37.5 Å². The number of rotatable bonds is 3. The van der Waals surface area contributed by atoms with Crippen molar-refractivity contribution in [1.29, 1.82) is 0 Å². The largest absolute Gasteiger partial charge is 0.469 e. The molecule has 0 aliphatic heterocycles. The third-order valence-electron chi connectivity index (χ3n) is 4.15. The number of methoxy groups -OCH3 is 1. The van der Waals surface area contributed by atoms with Gasteiger partial charge in [-0.1, -0.05) is 37.1 Å².